The molecule has 0 amide bonds. The van der Waals surface area contributed by atoms with E-state index in [2.05, 4.69) is 9.97 Å². The molecule has 1 aliphatic rings. The number of aryl methyl sites for hydroxylation is 1. The van der Waals surface area contributed by atoms with Gasteiger partial charge in [-0.1, -0.05) is 12.1 Å². The van der Waals surface area contributed by atoms with Crippen molar-refractivity contribution in [3.63, 3.8) is 0 Å². The third-order valence-electron chi connectivity index (χ3n) is 3.40. The number of aromatic nitrogens is 2. The quantitative estimate of drug-likeness (QED) is 0.873. The van der Waals surface area contributed by atoms with E-state index in [1.807, 2.05) is 0 Å². The van der Waals surface area contributed by atoms with Crippen molar-refractivity contribution in [2.75, 3.05) is 0 Å². The van der Waals surface area contributed by atoms with Gasteiger partial charge >= 0.3 is 6.18 Å². The number of rotatable bonds is 1. The van der Waals surface area contributed by atoms with Crippen LogP contribution >= 0.6 is 0 Å². The van der Waals surface area contributed by atoms with Gasteiger partial charge in [-0.3, -0.25) is 4.79 Å². The fourth-order valence-corrected chi connectivity index (χ4v) is 2.42. The van der Waals surface area contributed by atoms with Gasteiger partial charge in [0, 0.05) is 11.1 Å². The van der Waals surface area contributed by atoms with Crippen molar-refractivity contribution in [2.24, 2.45) is 0 Å². The van der Waals surface area contributed by atoms with E-state index in [9.17, 15) is 18.0 Å². The minimum Gasteiger partial charge on any atom is -0.306 e. The number of benzene rings is 1. The van der Waals surface area contributed by atoms with E-state index >= 15 is 0 Å². The summed E-state index contributed by atoms with van der Waals surface area (Å²) in [5, 5.41) is 0. The van der Waals surface area contributed by atoms with Crippen molar-refractivity contribution < 1.29 is 13.2 Å². The van der Waals surface area contributed by atoms with Crippen molar-refractivity contribution in [3.8, 4) is 11.4 Å². The number of hydrogen-bond acceptors (Lipinski definition) is 2. The van der Waals surface area contributed by atoms with Crippen LogP contribution in [0.3, 0.4) is 0 Å². The fraction of sp³-hybridized carbons (Fsp3) is 0.286. The molecular formula is C14H11F3N2O. The molecule has 0 bridgehead atoms. The lowest BCUT2D eigenvalue weighted by atomic mass is 10.1. The standard InChI is InChI=1S/C14H11F3N2O/c15-14(16,17)9-4-1-3-8(7-9)12-18-11-6-2-5-10(11)13(20)19-12/h1,3-4,7H,2,5-6H2,(H,18,19,20). The lowest BCUT2D eigenvalue weighted by molar-refractivity contribution is -0.137. The maximum Gasteiger partial charge on any atom is 0.416 e. The molecular weight excluding hydrogens is 269 g/mol. The molecule has 0 unspecified atom stereocenters. The van der Waals surface area contributed by atoms with Crippen LogP contribution < -0.4 is 5.56 Å². The van der Waals surface area contributed by atoms with Crippen molar-refractivity contribution in [1.29, 1.82) is 0 Å². The van der Waals surface area contributed by atoms with Crippen LogP contribution in [0.15, 0.2) is 29.1 Å². The van der Waals surface area contributed by atoms with Crippen LogP contribution in [0, 0.1) is 0 Å². The summed E-state index contributed by atoms with van der Waals surface area (Å²) in [6.45, 7) is 0. The van der Waals surface area contributed by atoms with E-state index in [-0.39, 0.29) is 16.9 Å². The van der Waals surface area contributed by atoms with Crippen LogP contribution in [-0.2, 0) is 19.0 Å². The van der Waals surface area contributed by atoms with Gasteiger partial charge in [0.25, 0.3) is 5.56 Å². The van der Waals surface area contributed by atoms with Gasteiger partial charge in [-0.2, -0.15) is 13.2 Å². The Labute approximate surface area is 112 Å². The monoisotopic (exact) mass is 280 g/mol. The zero-order chi connectivity index (χ0) is 14.3. The average molecular weight is 280 g/mol. The van der Waals surface area contributed by atoms with Crippen LogP contribution in [0.5, 0.6) is 0 Å². The molecule has 20 heavy (non-hydrogen) atoms. The number of nitrogens with zero attached hydrogens (tertiary/aromatic N) is 1. The first kappa shape index (κ1) is 12.9. The van der Waals surface area contributed by atoms with Crippen LogP contribution in [0.2, 0.25) is 0 Å². The molecule has 0 fully saturated rings. The smallest absolute Gasteiger partial charge is 0.306 e. The van der Waals surface area contributed by atoms with Gasteiger partial charge in [0.05, 0.1) is 11.3 Å². The molecule has 0 aliphatic heterocycles. The number of fused-ring (bicyclic) bond motifs is 1. The lowest BCUT2D eigenvalue weighted by Crippen LogP contribution is -2.15. The van der Waals surface area contributed by atoms with Gasteiger partial charge in [0.1, 0.15) is 5.82 Å². The molecule has 0 saturated heterocycles. The van der Waals surface area contributed by atoms with Gasteiger partial charge in [0.15, 0.2) is 0 Å². The third-order valence-corrected chi connectivity index (χ3v) is 3.40. The Balaban J connectivity index is 2.10. The number of H-pyrrole nitrogens is 1. The highest BCUT2D eigenvalue weighted by atomic mass is 19.4. The molecule has 1 N–H and O–H groups in total. The summed E-state index contributed by atoms with van der Waals surface area (Å²) >= 11 is 0. The van der Waals surface area contributed by atoms with Crippen LogP contribution in [-0.4, -0.2) is 9.97 Å². The van der Waals surface area contributed by atoms with Gasteiger partial charge < -0.3 is 4.98 Å². The number of aromatic amines is 1. The molecule has 6 heteroatoms. The van der Waals surface area contributed by atoms with Crippen molar-refractivity contribution in [2.45, 2.75) is 25.4 Å². The van der Waals surface area contributed by atoms with Gasteiger partial charge in [-0.25, -0.2) is 4.98 Å². The largest absolute Gasteiger partial charge is 0.416 e. The Morgan fingerprint density at radius 3 is 2.75 bits per heavy atom. The summed E-state index contributed by atoms with van der Waals surface area (Å²) in [4.78, 5) is 18.7. The fourth-order valence-electron chi connectivity index (χ4n) is 2.42. The maximum atomic E-state index is 12.7. The van der Waals surface area contributed by atoms with Crippen molar-refractivity contribution >= 4 is 0 Å². The Morgan fingerprint density at radius 1 is 1.20 bits per heavy atom. The van der Waals surface area contributed by atoms with E-state index in [1.165, 1.54) is 12.1 Å². The highest BCUT2D eigenvalue weighted by Crippen LogP contribution is 2.31. The molecule has 1 heterocycles. The molecule has 0 radical (unpaired) electrons. The van der Waals surface area contributed by atoms with Crippen molar-refractivity contribution in [3.05, 3.63) is 51.4 Å². The Kier molecular flexibility index (Phi) is 2.88. The second kappa shape index (κ2) is 4.47. The van der Waals surface area contributed by atoms with Gasteiger partial charge in [-0.15, -0.1) is 0 Å². The second-order valence-electron chi connectivity index (χ2n) is 4.77. The lowest BCUT2D eigenvalue weighted by Gasteiger charge is -2.09. The maximum absolute atomic E-state index is 12.7. The molecule has 104 valence electrons. The number of hydrogen-bond donors (Lipinski definition) is 1. The Bertz CT molecular complexity index is 719. The van der Waals surface area contributed by atoms with E-state index in [0.29, 0.717) is 24.1 Å². The van der Waals surface area contributed by atoms with E-state index in [1.54, 1.807) is 0 Å². The number of alkyl halides is 3. The summed E-state index contributed by atoms with van der Waals surface area (Å²) in [7, 11) is 0. The topological polar surface area (TPSA) is 45.8 Å². The summed E-state index contributed by atoms with van der Waals surface area (Å²) in [5.41, 5.74) is 0.617. The molecule has 1 aliphatic carbocycles. The molecule has 0 saturated carbocycles. The van der Waals surface area contributed by atoms with Crippen LogP contribution in [0.1, 0.15) is 23.2 Å². The molecule has 1 aromatic carbocycles. The summed E-state index contributed by atoms with van der Waals surface area (Å²) in [5.74, 6) is 0.196. The highest BCUT2D eigenvalue weighted by Gasteiger charge is 2.30. The molecule has 1 aromatic heterocycles. The zero-order valence-electron chi connectivity index (χ0n) is 10.4. The molecule has 0 spiro atoms. The van der Waals surface area contributed by atoms with E-state index in [0.717, 1.165) is 18.6 Å². The van der Waals surface area contributed by atoms with Crippen LogP contribution in [0.25, 0.3) is 11.4 Å². The predicted octanol–water partition coefficient (Wildman–Crippen LogP) is 2.94. The first-order chi connectivity index (χ1) is 9.45. The van der Waals surface area contributed by atoms with Gasteiger partial charge in [0.2, 0.25) is 0 Å². The third kappa shape index (κ3) is 2.21. The normalized spacial score (nSPS) is 14.3. The minimum absolute atomic E-state index is 0.196. The second-order valence-corrected chi connectivity index (χ2v) is 4.77. The predicted molar refractivity (Wildman–Crippen MR) is 67.3 cm³/mol. The van der Waals surface area contributed by atoms with Gasteiger partial charge in [-0.05, 0) is 31.4 Å². The summed E-state index contributed by atoms with van der Waals surface area (Å²) in [6, 6.07) is 4.81. The van der Waals surface area contributed by atoms with E-state index in [4.69, 9.17) is 0 Å². The Morgan fingerprint density at radius 2 is 2.00 bits per heavy atom. The van der Waals surface area contributed by atoms with Crippen LogP contribution in [0.4, 0.5) is 13.2 Å². The first-order valence-electron chi connectivity index (χ1n) is 6.25. The Hall–Kier alpha value is -2.11. The molecule has 0 atom stereocenters. The average Bonchev–Trinajstić information content (AvgIpc) is 2.87. The summed E-state index contributed by atoms with van der Waals surface area (Å²) < 4.78 is 38.1. The highest BCUT2D eigenvalue weighted by molar-refractivity contribution is 5.57. The number of halogens is 3. The number of nitrogens with one attached hydrogen (secondary N) is 1. The van der Waals surface area contributed by atoms with Crippen molar-refractivity contribution in [1.82, 2.24) is 9.97 Å². The zero-order valence-corrected chi connectivity index (χ0v) is 10.4. The first-order valence-corrected chi connectivity index (χ1v) is 6.25. The van der Waals surface area contributed by atoms with E-state index < -0.39 is 11.7 Å². The SMILES string of the molecule is O=c1[nH]c(-c2cccc(C(F)(F)F)c2)nc2c1CCC2. The molecule has 3 nitrogen and oxygen atoms in total. The molecule has 2 aromatic rings. The molecule has 3 rings (SSSR count). The minimum atomic E-state index is -4.41. The summed E-state index contributed by atoms with van der Waals surface area (Å²) in [6.07, 6.45) is -2.17.